The summed E-state index contributed by atoms with van der Waals surface area (Å²) in [5.74, 6) is 1.77. The van der Waals surface area contributed by atoms with E-state index in [0.29, 0.717) is 6.54 Å². The van der Waals surface area contributed by atoms with E-state index < -0.39 is 0 Å². The molecular weight excluding hydrogens is 236 g/mol. The zero-order valence-electron chi connectivity index (χ0n) is 10.0. The number of hydrogen-bond acceptors (Lipinski definition) is 4. The smallest absolute Gasteiger partial charge is 0.241 e. The molecule has 1 aliphatic rings. The number of likely N-dealkylation sites (N-methyl/N-ethyl adjacent to an activating group) is 1. The summed E-state index contributed by atoms with van der Waals surface area (Å²) >= 11 is 1.76. The van der Waals surface area contributed by atoms with E-state index in [1.807, 2.05) is 18.2 Å². The molecule has 0 radical (unpaired) electrons. The summed E-state index contributed by atoms with van der Waals surface area (Å²) in [5.41, 5.74) is 0.909. The van der Waals surface area contributed by atoms with Gasteiger partial charge in [0.1, 0.15) is 5.75 Å². The summed E-state index contributed by atoms with van der Waals surface area (Å²) in [5, 5.41) is 2.89. The zero-order chi connectivity index (χ0) is 12.3. The van der Waals surface area contributed by atoms with Crippen molar-refractivity contribution in [2.24, 2.45) is 0 Å². The molecule has 0 spiro atoms. The average Bonchev–Trinajstić information content (AvgIpc) is 2.37. The van der Waals surface area contributed by atoms with Crippen LogP contribution in [0.3, 0.4) is 0 Å². The maximum absolute atomic E-state index is 12.0. The molecule has 1 aromatic carbocycles. The molecule has 0 fully saturated rings. The Bertz CT molecular complexity index is 409. The molecular formula is C12H16N2O2S. The van der Waals surface area contributed by atoms with Gasteiger partial charge >= 0.3 is 0 Å². The summed E-state index contributed by atoms with van der Waals surface area (Å²) < 4.78 is 5.34. The molecule has 0 unspecified atom stereocenters. The summed E-state index contributed by atoms with van der Waals surface area (Å²) in [7, 11) is 3.41. The zero-order valence-corrected chi connectivity index (χ0v) is 10.8. The third-order valence-corrected chi connectivity index (χ3v) is 3.68. The molecule has 1 aromatic rings. The van der Waals surface area contributed by atoms with E-state index in [9.17, 15) is 4.79 Å². The van der Waals surface area contributed by atoms with E-state index in [1.54, 1.807) is 30.8 Å². The SMILES string of the molecule is CNCC(=O)N1CCSc2cccc(OC)c21. The first-order valence-electron chi connectivity index (χ1n) is 5.52. The Labute approximate surface area is 105 Å². The number of carbonyl (C=O) groups excluding carboxylic acids is 1. The van der Waals surface area contributed by atoms with Crippen molar-refractivity contribution in [1.82, 2.24) is 5.32 Å². The Hall–Kier alpha value is -1.20. The minimum Gasteiger partial charge on any atom is -0.495 e. The maximum Gasteiger partial charge on any atom is 0.241 e. The average molecular weight is 252 g/mol. The molecule has 1 amide bonds. The lowest BCUT2D eigenvalue weighted by Gasteiger charge is -2.30. The molecule has 1 N–H and O–H groups in total. The van der Waals surface area contributed by atoms with Crippen molar-refractivity contribution in [2.45, 2.75) is 4.90 Å². The number of hydrogen-bond donors (Lipinski definition) is 1. The number of nitrogens with one attached hydrogen (secondary N) is 1. The molecule has 0 saturated carbocycles. The van der Waals surface area contributed by atoms with Crippen LogP contribution in [0.25, 0.3) is 0 Å². The van der Waals surface area contributed by atoms with Crippen molar-refractivity contribution >= 4 is 23.4 Å². The van der Waals surface area contributed by atoms with Gasteiger partial charge in [0, 0.05) is 17.2 Å². The molecule has 0 aliphatic carbocycles. The molecule has 0 atom stereocenters. The van der Waals surface area contributed by atoms with E-state index >= 15 is 0 Å². The number of anilines is 1. The van der Waals surface area contributed by atoms with Crippen LogP contribution in [-0.4, -0.2) is 38.9 Å². The number of methoxy groups -OCH3 is 1. The Kier molecular flexibility index (Phi) is 3.91. The van der Waals surface area contributed by atoms with E-state index in [4.69, 9.17) is 4.74 Å². The largest absolute Gasteiger partial charge is 0.495 e. The molecule has 17 heavy (non-hydrogen) atoms. The van der Waals surface area contributed by atoms with Gasteiger partial charge in [-0.1, -0.05) is 6.07 Å². The van der Waals surface area contributed by atoms with Gasteiger partial charge in [0.2, 0.25) is 5.91 Å². The van der Waals surface area contributed by atoms with E-state index in [-0.39, 0.29) is 5.91 Å². The summed E-state index contributed by atoms with van der Waals surface area (Å²) in [6.45, 7) is 1.08. The van der Waals surface area contributed by atoms with Crippen LogP contribution in [0, 0.1) is 0 Å². The Balaban J connectivity index is 2.38. The summed E-state index contributed by atoms with van der Waals surface area (Å²) in [6.07, 6.45) is 0. The summed E-state index contributed by atoms with van der Waals surface area (Å²) in [4.78, 5) is 14.9. The van der Waals surface area contributed by atoms with Crippen LogP contribution in [-0.2, 0) is 4.79 Å². The first kappa shape index (κ1) is 12.3. The minimum absolute atomic E-state index is 0.0820. The predicted molar refractivity (Wildman–Crippen MR) is 70.0 cm³/mol. The molecule has 1 aliphatic heterocycles. The van der Waals surface area contributed by atoms with E-state index in [2.05, 4.69) is 5.32 Å². The maximum atomic E-state index is 12.0. The van der Waals surface area contributed by atoms with Gasteiger partial charge < -0.3 is 15.0 Å². The normalized spacial score (nSPS) is 14.4. The third-order valence-electron chi connectivity index (χ3n) is 2.65. The van der Waals surface area contributed by atoms with Crippen LogP contribution >= 0.6 is 11.8 Å². The molecule has 2 rings (SSSR count). The van der Waals surface area contributed by atoms with Crippen molar-refractivity contribution in [1.29, 1.82) is 0 Å². The number of benzene rings is 1. The van der Waals surface area contributed by atoms with Crippen molar-refractivity contribution in [3.63, 3.8) is 0 Å². The number of nitrogens with zero attached hydrogens (tertiary/aromatic N) is 1. The highest BCUT2D eigenvalue weighted by Crippen LogP contribution is 2.41. The first-order valence-corrected chi connectivity index (χ1v) is 6.51. The number of thioether (sulfide) groups is 1. The minimum atomic E-state index is 0.0820. The van der Waals surface area contributed by atoms with Crippen molar-refractivity contribution < 1.29 is 9.53 Å². The summed E-state index contributed by atoms with van der Waals surface area (Å²) in [6, 6.07) is 5.88. The number of amides is 1. The Morgan fingerprint density at radius 3 is 3.12 bits per heavy atom. The van der Waals surface area contributed by atoms with Crippen molar-refractivity contribution in [3.05, 3.63) is 18.2 Å². The molecule has 5 heteroatoms. The fourth-order valence-electron chi connectivity index (χ4n) is 1.90. The van der Waals surface area contributed by atoms with Gasteiger partial charge in [-0.3, -0.25) is 4.79 Å². The second-order valence-electron chi connectivity index (χ2n) is 3.73. The van der Waals surface area contributed by atoms with Gasteiger partial charge in [-0.25, -0.2) is 0 Å². The van der Waals surface area contributed by atoms with Crippen molar-refractivity contribution in [2.75, 3.05) is 37.9 Å². The molecule has 4 nitrogen and oxygen atoms in total. The fourth-order valence-corrected chi connectivity index (χ4v) is 2.92. The van der Waals surface area contributed by atoms with Crippen LogP contribution in [0.5, 0.6) is 5.75 Å². The second-order valence-corrected chi connectivity index (χ2v) is 4.87. The quantitative estimate of drug-likeness (QED) is 0.882. The molecule has 1 heterocycles. The van der Waals surface area contributed by atoms with E-state index in [0.717, 1.165) is 28.6 Å². The van der Waals surface area contributed by atoms with Crippen LogP contribution < -0.4 is 15.0 Å². The van der Waals surface area contributed by atoms with Crippen LogP contribution in [0.1, 0.15) is 0 Å². The second kappa shape index (κ2) is 5.42. The Morgan fingerprint density at radius 2 is 2.41 bits per heavy atom. The van der Waals surface area contributed by atoms with E-state index in [1.165, 1.54) is 0 Å². The monoisotopic (exact) mass is 252 g/mol. The highest BCUT2D eigenvalue weighted by Gasteiger charge is 2.25. The van der Waals surface area contributed by atoms with Gasteiger partial charge in [-0.05, 0) is 19.2 Å². The third kappa shape index (κ3) is 2.40. The number of ether oxygens (including phenoxy) is 1. The molecule has 0 saturated heterocycles. The topological polar surface area (TPSA) is 41.6 Å². The number of para-hydroxylation sites is 1. The Morgan fingerprint density at radius 1 is 1.59 bits per heavy atom. The lowest BCUT2D eigenvalue weighted by molar-refractivity contribution is -0.117. The van der Waals surface area contributed by atoms with Crippen molar-refractivity contribution in [3.8, 4) is 5.75 Å². The highest BCUT2D eigenvalue weighted by atomic mass is 32.2. The van der Waals surface area contributed by atoms with Crippen LogP contribution in [0.15, 0.2) is 23.1 Å². The van der Waals surface area contributed by atoms with Gasteiger partial charge in [0.05, 0.1) is 19.3 Å². The molecule has 0 aromatic heterocycles. The predicted octanol–water partition coefficient (Wildman–Crippen LogP) is 1.35. The highest BCUT2D eigenvalue weighted by molar-refractivity contribution is 7.99. The van der Waals surface area contributed by atoms with Gasteiger partial charge in [0.15, 0.2) is 0 Å². The molecule has 92 valence electrons. The van der Waals surface area contributed by atoms with Gasteiger partial charge in [-0.15, -0.1) is 11.8 Å². The number of fused-ring (bicyclic) bond motifs is 1. The first-order chi connectivity index (χ1) is 8.27. The van der Waals surface area contributed by atoms with Crippen LogP contribution in [0.4, 0.5) is 5.69 Å². The fraction of sp³-hybridized carbons (Fsp3) is 0.417. The van der Waals surface area contributed by atoms with Gasteiger partial charge in [0.25, 0.3) is 0 Å². The lowest BCUT2D eigenvalue weighted by atomic mass is 10.2. The van der Waals surface area contributed by atoms with Crippen LogP contribution in [0.2, 0.25) is 0 Å². The lowest BCUT2D eigenvalue weighted by Crippen LogP contribution is -2.40. The number of carbonyl (C=O) groups is 1. The molecule has 0 bridgehead atoms. The van der Waals surface area contributed by atoms with Gasteiger partial charge in [-0.2, -0.15) is 0 Å². The number of rotatable bonds is 3. The standard InChI is InChI=1S/C12H16N2O2S/c1-13-8-11(15)14-6-7-17-10-5-3-4-9(16-2)12(10)14/h3-5,13H,6-8H2,1-2H3.